The Kier molecular flexibility index (Phi) is 2.36. The van der Waals surface area contributed by atoms with Crippen LogP contribution in [0.4, 0.5) is 5.69 Å². The summed E-state index contributed by atoms with van der Waals surface area (Å²) in [5, 5.41) is 9.76. The van der Waals surface area contributed by atoms with Gasteiger partial charge in [-0.25, -0.2) is 0 Å². The third kappa shape index (κ3) is 1.35. The van der Waals surface area contributed by atoms with E-state index < -0.39 is 0 Å². The van der Waals surface area contributed by atoms with Gasteiger partial charge >= 0.3 is 0 Å². The van der Waals surface area contributed by atoms with Crippen molar-refractivity contribution in [3.05, 3.63) is 23.8 Å². The van der Waals surface area contributed by atoms with Crippen LogP contribution in [0.15, 0.2) is 22.4 Å². The lowest BCUT2D eigenvalue weighted by atomic mass is 10.2. The van der Waals surface area contributed by atoms with Gasteiger partial charge in [-0.15, -0.1) is 23.1 Å². The molecular weight excluding hydrogens is 212 g/mol. The molecule has 0 spiro atoms. The zero-order chi connectivity index (χ0) is 10.1. The van der Waals surface area contributed by atoms with Gasteiger partial charge in [0.25, 0.3) is 0 Å². The van der Waals surface area contributed by atoms with Gasteiger partial charge in [0, 0.05) is 10.1 Å². The van der Waals surface area contributed by atoms with E-state index in [9.17, 15) is 0 Å². The topological polar surface area (TPSA) is 49.8 Å². The molecule has 2 rings (SSSR count). The normalized spacial score (nSPS) is 10.3. The number of nitriles is 1. The standard InChI is InChI=1S/C10H8N2S2/c1-13-10-9(12)7-4-6(5-11)2-3-8(7)14-10/h2-4H,12H2,1H3. The number of nitrogen functional groups attached to an aromatic ring is 1. The molecular formula is C10H8N2S2. The van der Waals surface area contributed by atoms with Gasteiger partial charge in [0.05, 0.1) is 21.5 Å². The highest BCUT2D eigenvalue weighted by atomic mass is 32.2. The van der Waals surface area contributed by atoms with E-state index in [0.29, 0.717) is 5.56 Å². The van der Waals surface area contributed by atoms with Gasteiger partial charge in [0.2, 0.25) is 0 Å². The molecule has 0 atom stereocenters. The van der Waals surface area contributed by atoms with E-state index in [0.717, 1.165) is 20.0 Å². The lowest BCUT2D eigenvalue weighted by Gasteiger charge is -1.93. The van der Waals surface area contributed by atoms with Crippen molar-refractivity contribution in [3.8, 4) is 6.07 Å². The van der Waals surface area contributed by atoms with Crippen LogP contribution in [0.3, 0.4) is 0 Å². The van der Waals surface area contributed by atoms with Gasteiger partial charge in [-0.05, 0) is 24.5 Å². The summed E-state index contributed by atoms with van der Waals surface area (Å²) in [5.41, 5.74) is 7.42. The largest absolute Gasteiger partial charge is 0.397 e. The smallest absolute Gasteiger partial charge is 0.0991 e. The Morgan fingerprint density at radius 1 is 1.50 bits per heavy atom. The zero-order valence-corrected chi connectivity index (χ0v) is 9.21. The van der Waals surface area contributed by atoms with Gasteiger partial charge in [0.15, 0.2) is 0 Å². The maximum absolute atomic E-state index is 8.76. The van der Waals surface area contributed by atoms with E-state index >= 15 is 0 Å². The number of benzene rings is 1. The molecule has 1 aromatic carbocycles. The monoisotopic (exact) mass is 220 g/mol. The van der Waals surface area contributed by atoms with Crippen molar-refractivity contribution >= 4 is 38.9 Å². The second kappa shape index (κ2) is 3.52. The molecule has 0 aliphatic heterocycles. The average molecular weight is 220 g/mol. The second-order valence-corrected chi connectivity index (χ2v) is 4.96. The molecule has 70 valence electrons. The Morgan fingerprint density at radius 3 is 2.93 bits per heavy atom. The van der Waals surface area contributed by atoms with Gasteiger partial charge in [-0.1, -0.05) is 0 Å². The number of rotatable bonds is 1. The minimum absolute atomic E-state index is 0.662. The van der Waals surface area contributed by atoms with Crippen molar-refractivity contribution < 1.29 is 0 Å². The zero-order valence-electron chi connectivity index (χ0n) is 7.57. The minimum atomic E-state index is 0.662. The summed E-state index contributed by atoms with van der Waals surface area (Å²) in [4.78, 5) is 0. The molecule has 1 aromatic heterocycles. The summed E-state index contributed by atoms with van der Waals surface area (Å²) in [6.07, 6.45) is 2.01. The van der Waals surface area contributed by atoms with Crippen LogP contribution in [0.2, 0.25) is 0 Å². The van der Waals surface area contributed by atoms with Crippen LogP contribution in [0.25, 0.3) is 10.1 Å². The molecule has 1 heterocycles. The Morgan fingerprint density at radius 2 is 2.29 bits per heavy atom. The Labute approximate surface area is 90.3 Å². The van der Waals surface area contributed by atoms with E-state index in [4.69, 9.17) is 11.0 Å². The quantitative estimate of drug-likeness (QED) is 0.751. The maximum atomic E-state index is 8.76. The second-order valence-electron chi connectivity index (χ2n) is 2.83. The first-order valence-corrected chi connectivity index (χ1v) is 6.06. The highest BCUT2D eigenvalue weighted by Gasteiger charge is 2.08. The molecule has 14 heavy (non-hydrogen) atoms. The predicted molar refractivity (Wildman–Crippen MR) is 62.7 cm³/mol. The van der Waals surface area contributed by atoms with Crippen molar-refractivity contribution in [1.29, 1.82) is 5.26 Å². The van der Waals surface area contributed by atoms with Crippen molar-refractivity contribution in [1.82, 2.24) is 0 Å². The molecule has 4 heteroatoms. The van der Waals surface area contributed by atoms with Crippen LogP contribution in [-0.4, -0.2) is 6.26 Å². The van der Waals surface area contributed by atoms with Gasteiger partial charge in [-0.3, -0.25) is 0 Å². The third-order valence-corrected chi connectivity index (χ3v) is 4.33. The summed E-state index contributed by atoms with van der Waals surface area (Å²) in [6.45, 7) is 0. The predicted octanol–water partition coefficient (Wildman–Crippen LogP) is 3.08. The lowest BCUT2D eigenvalue weighted by molar-refractivity contribution is 1.50. The van der Waals surface area contributed by atoms with E-state index in [1.807, 2.05) is 24.5 Å². The van der Waals surface area contributed by atoms with Crippen LogP contribution in [0.5, 0.6) is 0 Å². The van der Waals surface area contributed by atoms with Gasteiger partial charge in [0.1, 0.15) is 0 Å². The summed E-state index contributed by atoms with van der Waals surface area (Å²) in [5.74, 6) is 0. The molecule has 0 unspecified atom stereocenters. The first-order chi connectivity index (χ1) is 6.76. The maximum Gasteiger partial charge on any atom is 0.0991 e. The number of thioether (sulfide) groups is 1. The number of hydrogen-bond donors (Lipinski definition) is 1. The highest BCUT2D eigenvalue weighted by molar-refractivity contribution is 8.00. The van der Waals surface area contributed by atoms with Crippen LogP contribution in [0.1, 0.15) is 5.56 Å². The third-order valence-electron chi connectivity index (χ3n) is 2.01. The average Bonchev–Trinajstić information content (AvgIpc) is 2.55. The van der Waals surface area contributed by atoms with Crippen LogP contribution < -0.4 is 5.73 Å². The van der Waals surface area contributed by atoms with Gasteiger partial charge < -0.3 is 5.73 Å². The van der Waals surface area contributed by atoms with Crippen molar-refractivity contribution in [2.45, 2.75) is 4.21 Å². The first kappa shape index (κ1) is 9.38. The number of nitrogens with two attached hydrogens (primary N) is 1. The summed E-state index contributed by atoms with van der Waals surface area (Å²) in [6, 6.07) is 7.74. The van der Waals surface area contributed by atoms with Crippen LogP contribution in [0, 0.1) is 11.3 Å². The molecule has 0 fully saturated rings. The number of nitrogens with zero attached hydrogens (tertiary/aromatic N) is 1. The molecule has 0 saturated heterocycles. The summed E-state index contributed by atoms with van der Waals surface area (Å²) < 4.78 is 2.26. The number of thiophene rings is 1. The molecule has 2 N–H and O–H groups in total. The molecule has 0 aliphatic rings. The van der Waals surface area contributed by atoms with E-state index in [-0.39, 0.29) is 0 Å². The lowest BCUT2D eigenvalue weighted by Crippen LogP contribution is -1.83. The number of hydrogen-bond acceptors (Lipinski definition) is 4. The Bertz CT molecular complexity index is 523. The van der Waals surface area contributed by atoms with E-state index in [1.165, 1.54) is 0 Å². The van der Waals surface area contributed by atoms with Crippen LogP contribution >= 0.6 is 23.1 Å². The molecule has 2 nitrogen and oxygen atoms in total. The number of fused-ring (bicyclic) bond motifs is 1. The molecule has 0 radical (unpaired) electrons. The highest BCUT2D eigenvalue weighted by Crippen LogP contribution is 2.39. The fraction of sp³-hybridized carbons (Fsp3) is 0.100. The fourth-order valence-electron chi connectivity index (χ4n) is 1.32. The Hall–Kier alpha value is -1.18. The molecule has 0 bridgehead atoms. The summed E-state index contributed by atoms with van der Waals surface area (Å²) in [7, 11) is 0. The van der Waals surface area contributed by atoms with Crippen molar-refractivity contribution in [2.24, 2.45) is 0 Å². The SMILES string of the molecule is CSc1sc2ccc(C#N)cc2c1N. The van der Waals surface area contributed by atoms with E-state index in [1.54, 1.807) is 23.1 Å². The number of anilines is 1. The molecule has 0 aliphatic carbocycles. The fourth-order valence-corrected chi connectivity index (χ4v) is 3.08. The van der Waals surface area contributed by atoms with E-state index in [2.05, 4.69) is 6.07 Å². The van der Waals surface area contributed by atoms with Crippen molar-refractivity contribution in [3.63, 3.8) is 0 Å². The molecule has 0 saturated carbocycles. The summed E-state index contributed by atoms with van der Waals surface area (Å²) >= 11 is 3.32. The van der Waals surface area contributed by atoms with Crippen molar-refractivity contribution in [2.75, 3.05) is 12.0 Å². The minimum Gasteiger partial charge on any atom is -0.397 e. The van der Waals surface area contributed by atoms with Gasteiger partial charge in [-0.2, -0.15) is 5.26 Å². The Balaban J connectivity index is 2.75. The van der Waals surface area contributed by atoms with Crippen LogP contribution in [-0.2, 0) is 0 Å². The molecule has 0 amide bonds. The first-order valence-electron chi connectivity index (χ1n) is 4.02. The molecule has 2 aromatic rings.